The summed E-state index contributed by atoms with van der Waals surface area (Å²) in [5.41, 5.74) is 1.60. The first kappa shape index (κ1) is 36.4. The zero-order valence-corrected chi connectivity index (χ0v) is 28.3. The normalized spacial score (nSPS) is 21.6. The molecule has 1 amide bonds. The number of hydrogen-bond acceptors (Lipinski definition) is 9. The van der Waals surface area contributed by atoms with Crippen molar-refractivity contribution in [1.82, 2.24) is 5.32 Å². The fourth-order valence-electron chi connectivity index (χ4n) is 5.99. The number of carbonyl (C=O) groups is 5. The van der Waals surface area contributed by atoms with Gasteiger partial charge in [-0.3, -0.25) is 19.2 Å². The van der Waals surface area contributed by atoms with Crippen molar-refractivity contribution in [3.05, 3.63) is 100 Å². The van der Waals surface area contributed by atoms with Gasteiger partial charge in [0.05, 0.1) is 11.0 Å². The molecule has 0 fully saturated rings. The highest BCUT2D eigenvalue weighted by molar-refractivity contribution is 6.48. The molecule has 2 aromatic rings. The van der Waals surface area contributed by atoms with Gasteiger partial charge in [0.2, 0.25) is 19.5 Å². The van der Waals surface area contributed by atoms with Gasteiger partial charge in [-0.05, 0) is 67.0 Å². The Balaban J connectivity index is 1.55. The third-order valence-electron chi connectivity index (χ3n) is 8.32. The van der Waals surface area contributed by atoms with Crippen LogP contribution in [0.5, 0.6) is 0 Å². The first-order valence-corrected chi connectivity index (χ1v) is 16.1. The maximum Gasteiger partial charge on any atom is 0.340 e. The van der Waals surface area contributed by atoms with E-state index in [1.165, 1.54) is 26.0 Å². The maximum atomic E-state index is 13.9. The topological polar surface area (TPSA) is 134 Å². The molecule has 0 saturated heterocycles. The van der Waals surface area contributed by atoms with Crippen molar-refractivity contribution in [3.8, 4) is 0 Å². The highest BCUT2D eigenvalue weighted by atomic mass is 35.5. The predicted molar refractivity (Wildman–Crippen MR) is 178 cm³/mol. The third-order valence-corrected chi connectivity index (χ3v) is 8.92. The summed E-state index contributed by atoms with van der Waals surface area (Å²) < 4.78 is 20.0. The molecule has 0 aromatic heterocycles. The van der Waals surface area contributed by atoms with Gasteiger partial charge in [0.1, 0.15) is 0 Å². The second kappa shape index (κ2) is 16.6. The Kier molecular flexibility index (Phi) is 12.6. The van der Waals surface area contributed by atoms with E-state index >= 15 is 0 Å². The standard InChI is InChI=1S/C36H37Cl2NO9/c1-22-14-29-16-26(17-33(42)39-19-25-4-10-31(37)11-5-25)12-13-36(29,35(44)48-21-46-24(3)41)30(15-22)18-32(38)27-6-8-28(9-7-27)34(43)47-20-45-23(2)40/h4-13,15,18,26,29-30H,14,16-17,19-21H2,1-3H3,(H,39,42)/b32-18-/t26-,29+,30+,36+/m1/s1. The minimum atomic E-state index is -1.18. The Morgan fingerprint density at radius 2 is 1.52 bits per heavy atom. The number of halogens is 2. The molecular formula is C36H37Cl2NO9. The van der Waals surface area contributed by atoms with Gasteiger partial charge < -0.3 is 24.3 Å². The molecule has 0 aliphatic heterocycles. The van der Waals surface area contributed by atoms with Crippen LogP contribution >= 0.6 is 23.2 Å². The lowest BCUT2D eigenvalue weighted by molar-refractivity contribution is -0.176. The van der Waals surface area contributed by atoms with Gasteiger partial charge in [0, 0.05) is 42.8 Å². The molecular weight excluding hydrogens is 661 g/mol. The average Bonchev–Trinajstić information content (AvgIpc) is 3.04. The van der Waals surface area contributed by atoms with E-state index in [0.717, 1.165) is 11.1 Å². The zero-order valence-electron chi connectivity index (χ0n) is 26.8. The molecule has 0 radical (unpaired) electrons. The van der Waals surface area contributed by atoms with Crippen molar-refractivity contribution in [2.45, 2.75) is 46.6 Å². The number of ether oxygens (including phenoxy) is 4. The Hall–Kier alpha value is -4.41. The van der Waals surface area contributed by atoms with Crippen LogP contribution in [0.2, 0.25) is 5.02 Å². The van der Waals surface area contributed by atoms with Gasteiger partial charge in [-0.1, -0.05) is 77.3 Å². The van der Waals surface area contributed by atoms with E-state index in [1.807, 2.05) is 37.3 Å². The van der Waals surface area contributed by atoms with Gasteiger partial charge in [0.25, 0.3) is 0 Å². The van der Waals surface area contributed by atoms with E-state index in [2.05, 4.69) is 10.1 Å². The van der Waals surface area contributed by atoms with Crippen LogP contribution < -0.4 is 5.32 Å². The number of benzene rings is 2. The molecule has 0 unspecified atom stereocenters. The van der Waals surface area contributed by atoms with Crippen molar-refractivity contribution in [1.29, 1.82) is 0 Å². The summed E-state index contributed by atoms with van der Waals surface area (Å²) in [6.45, 7) is 3.74. The summed E-state index contributed by atoms with van der Waals surface area (Å²) in [7, 11) is 0. The van der Waals surface area contributed by atoms with E-state index in [1.54, 1.807) is 30.3 Å². The first-order chi connectivity index (χ1) is 22.9. The lowest BCUT2D eigenvalue weighted by Crippen LogP contribution is -2.48. The van der Waals surface area contributed by atoms with Crippen LogP contribution in [0.15, 0.2) is 78.4 Å². The molecule has 0 saturated carbocycles. The van der Waals surface area contributed by atoms with Crippen molar-refractivity contribution in [2.24, 2.45) is 23.2 Å². The van der Waals surface area contributed by atoms with E-state index in [9.17, 15) is 24.0 Å². The molecule has 2 aromatic carbocycles. The number of nitrogens with one attached hydrogen (secondary N) is 1. The lowest BCUT2D eigenvalue weighted by atomic mass is 9.56. The van der Waals surface area contributed by atoms with Crippen molar-refractivity contribution < 1.29 is 42.9 Å². The SMILES string of the molecule is CC(=O)OCOC(=O)c1ccc(/C(Cl)=C/[C@@H]2C=C(C)C[C@H]3C[C@H](CC(=O)NCc4ccc(Cl)cc4)C=C[C@]32C(=O)OCOC(C)=O)cc1. The second-order valence-electron chi connectivity index (χ2n) is 11.8. The van der Waals surface area contributed by atoms with Crippen LogP contribution in [0.1, 0.15) is 61.5 Å². The van der Waals surface area contributed by atoms with Crippen LogP contribution in [-0.4, -0.2) is 43.4 Å². The summed E-state index contributed by atoms with van der Waals surface area (Å²) in [5, 5.41) is 3.90. The summed E-state index contributed by atoms with van der Waals surface area (Å²) in [6.07, 6.45) is 8.78. The van der Waals surface area contributed by atoms with Gasteiger partial charge in [-0.15, -0.1) is 0 Å². The summed E-state index contributed by atoms with van der Waals surface area (Å²) in [4.78, 5) is 61.4. The molecule has 1 N–H and O–H groups in total. The van der Waals surface area contributed by atoms with Crippen LogP contribution in [0.25, 0.3) is 5.03 Å². The predicted octanol–water partition coefficient (Wildman–Crippen LogP) is 6.51. The van der Waals surface area contributed by atoms with Gasteiger partial charge in [-0.2, -0.15) is 0 Å². The second-order valence-corrected chi connectivity index (χ2v) is 12.6. The molecule has 2 aliphatic rings. The van der Waals surface area contributed by atoms with Crippen LogP contribution in [0.3, 0.4) is 0 Å². The van der Waals surface area contributed by atoms with E-state index in [4.69, 9.17) is 37.4 Å². The van der Waals surface area contributed by atoms with Crippen molar-refractivity contribution in [2.75, 3.05) is 13.6 Å². The quantitative estimate of drug-likeness (QED) is 0.150. The molecule has 48 heavy (non-hydrogen) atoms. The third kappa shape index (κ3) is 9.58. The number of amides is 1. The van der Waals surface area contributed by atoms with Gasteiger partial charge in [-0.25, -0.2) is 4.79 Å². The minimum Gasteiger partial charge on any atom is -0.428 e. The number of fused-ring (bicyclic) bond motifs is 1. The highest BCUT2D eigenvalue weighted by Crippen LogP contribution is 2.53. The summed E-state index contributed by atoms with van der Waals surface area (Å²) in [6, 6.07) is 13.6. The lowest BCUT2D eigenvalue weighted by Gasteiger charge is -2.47. The molecule has 12 heteroatoms. The van der Waals surface area contributed by atoms with E-state index < -0.39 is 48.8 Å². The fourth-order valence-corrected chi connectivity index (χ4v) is 6.38. The Bertz CT molecular complexity index is 1610. The van der Waals surface area contributed by atoms with Crippen LogP contribution in [0.4, 0.5) is 0 Å². The molecule has 0 heterocycles. The molecule has 10 nitrogen and oxygen atoms in total. The molecule has 254 valence electrons. The van der Waals surface area contributed by atoms with E-state index in [-0.39, 0.29) is 29.7 Å². The Morgan fingerprint density at radius 1 is 0.896 bits per heavy atom. The van der Waals surface area contributed by atoms with Gasteiger partial charge >= 0.3 is 23.9 Å². The minimum absolute atomic E-state index is 0.120. The molecule has 0 spiro atoms. The van der Waals surface area contributed by atoms with E-state index in [0.29, 0.717) is 35.0 Å². The Morgan fingerprint density at radius 3 is 2.17 bits per heavy atom. The van der Waals surface area contributed by atoms with Crippen molar-refractivity contribution >= 4 is 58.0 Å². The number of allylic oxidation sites excluding steroid dienone is 4. The number of hydrogen-bond donors (Lipinski definition) is 1. The average molecular weight is 699 g/mol. The fraction of sp³-hybridized carbons (Fsp3) is 0.361. The monoisotopic (exact) mass is 697 g/mol. The summed E-state index contributed by atoms with van der Waals surface area (Å²) >= 11 is 12.8. The molecule has 4 rings (SSSR count). The highest BCUT2D eigenvalue weighted by Gasteiger charge is 2.53. The first-order valence-electron chi connectivity index (χ1n) is 15.3. The molecule has 4 atom stereocenters. The number of rotatable bonds is 12. The van der Waals surface area contributed by atoms with Gasteiger partial charge in [0.15, 0.2) is 0 Å². The smallest absolute Gasteiger partial charge is 0.340 e. The largest absolute Gasteiger partial charge is 0.428 e. The zero-order chi connectivity index (χ0) is 34.8. The summed E-state index contributed by atoms with van der Waals surface area (Å²) in [5.74, 6) is -3.44. The maximum absolute atomic E-state index is 13.9. The molecule has 2 aliphatic carbocycles. The van der Waals surface area contributed by atoms with Crippen LogP contribution in [-0.2, 0) is 44.7 Å². The number of esters is 4. The van der Waals surface area contributed by atoms with Crippen molar-refractivity contribution in [3.63, 3.8) is 0 Å². The molecule has 0 bridgehead atoms. The Labute approximate surface area is 289 Å². The number of carbonyl (C=O) groups excluding carboxylic acids is 5. The van der Waals surface area contributed by atoms with Crippen LogP contribution in [0, 0.1) is 23.2 Å².